The van der Waals surface area contributed by atoms with E-state index in [1.165, 1.54) is 10.7 Å². The van der Waals surface area contributed by atoms with Crippen LogP contribution in [0.15, 0.2) is 45.6 Å². The summed E-state index contributed by atoms with van der Waals surface area (Å²) in [5, 5.41) is 10.4. The lowest BCUT2D eigenvalue weighted by molar-refractivity contribution is 0.161. The van der Waals surface area contributed by atoms with Gasteiger partial charge in [0, 0.05) is 6.54 Å². The van der Waals surface area contributed by atoms with Crippen LogP contribution >= 0.6 is 11.6 Å². The number of hydrogen-bond acceptors (Lipinski definition) is 8. The van der Waals surface area contributed by atoms with Gasteiger partial charge in [0.25, 0.3) is 5.89 Å². The molecule has 5 rings (SSSR count). The van der Waals surface area contributed by atoms with Gasteiger partial charge >= 0.3 is 11.8 Å². The number of amides is 1. The van der Waals surface area contributed by atoms with E-state index in [1.807, 2.05) is 30.3 Å². The zero-order valence-corrected chi connectivity index (χ0v) is 19.0. The molecule has 0 unspecified atom stereocenters. The molecule has 2 N–H and O–H groups in total. The number of rotatable bonds is 5. The summed E-state index contributed by atoms with van der Waals surface area (Å²) < 4.78 is 23.8. The van der Waals surface area contributed by atoms with Crippen molar-refractivity contribution < 1.29 is 23.4 Å². The number of ether oxygens (including phenoxy) is 3. The Morgan fingerprint density at radius 1 is 1.18 bits per heavy atom. The molecule has 0 spiro atoms. The molecule has 11 heteroatoms. The number of hydrogen-bond donors (Lipinski definition) is 2. The van der Waals surface area contributed by atoms with Crippen molar-refractivity contribution in [3.8, 4) is 28.7 Å². The first-order chi connectivity index (χ1) is 16.6. The number of nitrogens with one attached hydrogen (secondary N) is 2. The molecule has 34 heavy (non-hydrogen) atoms. The summed E-state index contributed by atoms with van der Waals surface area (Å²) in [6.07, 6.45) is 0.848. The van der Waals surface area contributed by atoms with Gasteiger partial charge in [0.2, 0.25) is 5.75 Å². The Morgan fingerprint density at radius 2 is 1.91 bits per heavy atom. The number of benzene rings is 2. The van der Waals surface area contributed by atoms with E-state index in [0.29, 0.717) is 5.56 Å². The van der Waals surface area contributed by atoms with E-state index in [1.54, 1.807) is 0 Å². The second-order valence-corrected chi connectivity index (χ2v) is 8.32. The van der Waals surface area contributed by atoms with E-state index in [2.05, 4.69) is 15.7 Å². The molecule has 10 nitrogen and oxygen atoms in total. The maximum atomic E-state index is 12.5. The third-order valence-corrected chi connectivity index (χ3v) is 5.93. The van der Waals surface area contributed by atoms with Gasteiger partial charge in [0.15, 0.2) is 11.5 Å². The van der Waals surface area contributed by atoms with E-state index in [0.717, 1.165) is 31.5 Å². The molecular weight excluding hydrogens is 464 g/mol. The van der Waals surface area contributed by atoms with E-state index in [-0.39, 0.29) is 54.0 Å². The third kappa shape index (κ3) is 4.59. The van der Waals surface area contributed by atoms with Crippen LogP contribution in [0.2, 0.25) is 5.02 Å². The summed E-state index contributed by atoms with van der Waals surface area (Å²) in [5.74, 6) is -0.0647. The molecule has 2 aliphatic heterocycles. The van der Waals surface area contributed by atoms with E-state index < -0.39 is 11.8 Å². The minimum atomic E-state index is -0.698. The monoisotopic (exact) mass is 486 g/mol. The van der Waals surface area contributed by atoms with Gasteiger partial charge in [-0.05, 0) is 37.6 Å². The van der Waals surface area contributed by atoms with Crippen molar-refractivity contribution >= 4 is 17.7 Å². The minimum Gasteiger partial charge on any atom is -0.485 e. The zero-order chi connectivity index (χ0) is 23.5. The van der Waals surface area contributed by atoms with Gasteiger partial charge in [0.1, 0.15) is 13.2 Å². The van der Waals surface area contributed by atoms with Crippen LogP contribution in [0.3, 0.4) is 0 Å². The van der Waals surface area contributed by atoms with Crippen LogP contribution < -0.4 is 30.6 Å². The average Bonchev–Trinajstić information content (AvgIpc) is 3.26. The summed E-state index contributed by atoms with van der Waals surface area (Å²) >= 11 is 6.47. The van der Waals surface area contributed by atoms with Crippen molar-refractivity contribution in [3.05, 3.63) is 57.5 Å². The molecule has 3 heterocycles. The number of carbonyl (C=O) groups excluding carboxylic acids is 1. The highest BCUT2D eigenvalue weighted by Gasteiger charge is 2.30. The predicted octanol–water partition coefficient (Wildman–Crippen LogP) is 3.14. The first kappa shape index (κ1) is 22.3. The highest BCUT2D eigenvalue weighted by atomic mass is 35.5. The number of halogens is 1. The largest absolute Gasteiger partial charge is 0.485 e. The molecule has 1 saturated heterocycles. The van der Waals surface area contributed by atoms with Crippen LogP contribution in [0, 0.1) is 0 Å². The van der Waals surface area contributed by atoms with Gasteiger partial charge in [-0.1, -0.05) is 41.9 Å². The second-order valence-electron chi connectivity index (χ2n) is 7.92. The van der Waals surface area contributed by atoms with Crippen molar-refractivity contribution in [2.45, 2.75) is 25.4 Å². The number of aromatic nitrogens is 2. The smallest absolute Gasteiger partial charge is 0.437 e. The standard InChI is InChI=1S/C23H23ClN4O6/c24-17-12-16(21-27-28(23(30)34-21)15-6-8-25-9-7-15)18-20(32-11-10-31-18)19(17)33-22(29)26-13-14-4-2-1-3-5-14/h1-5,12,15,25H,6-11,13H2,(H,26,29). The number of carbonyl (C=O) groups is 1. The number of fused-ring (bicyclic) bond motifs is 1. The lowest BCUT2D eigenvalue weighted by Crippen LogP contribution is -2.33. The first-order valence-electron chi connectivity index (χ1n) is 11.0. The van der Waals surface area contributed by atoms with E-state index in [9.17, 15) is 9.59 Å². The molecule has 3 aromatic rings. The van der Waals surface area contributed by atoms with Gasteiger partial charge in [0.05, 0.1) is 16.6 Å². The topological polar surface area (TPSA) is 117 Å². The highest BCUT2D eigenvalue weighted by molar-refractivity contribution is 6.33. The number of piperidine rings is 1. The van der Waals surface area contributed by atoms with E-state index in [4.69, 9.17) is 30.2 Å². The molecule has 2 aliphatic rings. The summed E-state index contributed by atoms with van der Waals surface area (Å²) in [6.45, 7) is 2.39. The summed E-state index contributed by atoms with van der Waals surface area (Å²) in [6, 6.07) is 10.9. The lowest BCUT2D eigenvalue weighted by atomic mass is 10.1. The van der Waals surface area contributed by atoms with Crippen LogP contribution in [-0.2, 0) is 6.54 Å². The summed E-state index contributed by atoms with van der Waals surface area (Å²) in [7, 11) is 0. The fraction of sp³-hybridized carbons (Fsp3) is 0.348. The molecule has 1 aromatic heterocycles. The predicted molar refractivity (Wildman–Crippen MR) is 123 cm³/mol. The minimum absolute atomic E-state index is 0.0193. The summed E-state index contributed by atoms with van der Waals surface area (Å²) in [4.78, 5) is 24.9. The summed E-state index contributed by atoms with van der Waals surface area (Å²) in [5.41, 5.74) is 1.27. The SMILES string of the molecule is O=C(NCc1ccccc1)Oc1c(Cl)cc(-c2nn(C3CCNCC3)c(=O)o2)c2c1OCCO2. The van der Waals surface area contributed by atoms with Gasteiger partial charge in [-0.15, -0.1) is 5.10 Å². The Bertz CT molecular complexity index is 1240. The molecule has 2 aromatic carbocycles. The van der Waals surface area contributed by atoms with Crippen LogP contribution in [0.4, 0.5) is 4.79 Å². The Morgan fingerprint density at radius 3 is 2.68 bits per heavy atom. The van der Waals surface area contributed by atoms with Gasteiger partial charge in [-0.2, -0.15) is 4.68 Å². The fourth-order valence-corrected chi connectivity index (χ4v) is 4.22. The Hall–Kier alpha value is -3.50. The number of nitrogens with zero attached hydrogens (tertiary/aromatic N) is 2. The van der Waals surface area contributed by atoms with Gasteiger partial charge in [-0.3, -0.25) is 0 Å². The molecule has 0 bridgehead atoms. The average molecular weight is 487 g/mol. The lowest BCUT2D eigenvalue weighted by Gasteiger charge is -2.23. The molecule has 1 fully saturated rings. The molecule has 1 amide bonds. The quantitative estimate of drug-likeness (QED) is 0.565. The molecule has 178 valence electrons. The fourth-order valence-electron chi connectivity index (χ4n) is 3.99. The zero-order valence-electron chi connectivity index (χ0n) is 18.2. The van der Waals surface area contributed by atoms with Crippen LogP contribution in [0.25, 0.3) is 11.5 Å². The van der Waals surface area contributed by atoms with Crippen LogP contribution in [0.1, 0.15) is 24.4 Å². The molecule has 0 atom stereocenters. The Balaban J connectivity index is 1.42. The Kier molecular flexibility index (Phi) is 6.41. The molecular formula is C23H23ClN4O6. The van der Waals surface area contributed by atoms with Crippen molar-refractivity contribution in [2.24, 2.45) is 0 Å². The maximum Gasteiger partial charge on any atom is 0.437 e. The van der Waals surface area contributed by atoms with Crippen molar-refractivity contribution in [1.82, 2.24) is 20.4 Å². The van der Waals surface area contributed by atoms with Crippen molar-refractivity contribution in [3.63, 3.8) is 0 Å². The highest BCUT2D eigenvalue weighted by Crippen LogP contribution is 2.49. The third-order valence-electron chi connectivity index (χ3n) is 5.65. The molecule has 0 radical (unpaired) electrons. The molecule has 0 saturated carbocycles. The van der Waals surface area contributed by atoms with Crippen LogP contribution in [0.5, 0.6) is 17.2 Å². The first-order valence-corrected chi connectivity index (χ1v) is 11.4. The second kappa shape index (κ2) is 9.78. The van der Waals surface area contributed by atoms with E-state index >= 15 is 0 Å². The van der Waals surface area contributed by atoms with Gasteiger partial charge in [-0.25, -0.2) is 9.59 Å². The normalized spacial score (nSPS) is 15.7. The maximum absolute atomic E-state index is 12.5. The molecule has 0 aliphatic carbocycles. The Labute approximate surface area is 199 Å². The van der Waals surface area contributed by atoms with Gasteiger partial charge < -0.3 is 29.3 Å². The van der Waals surface area contributed by atoms with Crippen LogP contribution in [-0.4, -0.2) is 42.2 Å². The van der Waals surface area contributed by atoms with Crippen molar-refractivity contribution in [1.29, 1.82) is 0 Å². The van der Waals surface area contributed by atoms with Crippen molar-refractivity contribution in [2.75, 3.05) is 26.3 Å².